The highest BCUT2D eigenvalue weighted by Crippen LogP contribution is 2.20. The number of aliphatic hydroxyl groups is 1. The molecule has 104 valence electrons. The number of likely N-dealkylation sites (tertiary alicyclic amines) is 1. The molecule has 0 bridgehead atoms. The summed E-state index contributed by atoms with van der Waals surface area (Å²) in [6, 6.07) is 7.82. The van der Waals surface area contributed by atoms with E-state index < -0.39 is 0 Å². The lowest BCUT2D eigenvalue weighted by molar-refractivity contribution is -0.132. The zero-order valence-electron chi connectivity index (χ0n) is 11.5. The van der Waals surface area contributed by atoms with Crippen molar-refractivity contribution in [3.05, 3.63) is 29.8 Å². The van der Waals surface area contributed by atoms with Gasteiger partial charge in [-0.2, -0.15) is 0 Å². The van der Waals surface area contributed by atoms with Gasteiger partial charge in [0.1, 0.15) is 5.75 Å². The Bertz CT molecular complexity index is 445. The maximum absolute atomic E-state index is 11.9. The molecule has 19 heavy (non-hydrogen) atoms. The van der Waals surface area contributed by atoms with Crippen molar-refractivity contribution < 1.29 is 14.6 Å². The van der Waals surface area contributed by atoms with E-state index >= 15 is 0 Å². The molecule has 1 aromatic carbocycles. The Morgan fingerprint density at radius 1 is 1.53 bits per heavy atom. The van der Waals surface area contributed by atoms with Crippen LogP contribution in [0.2, 0.25) is 0 Å². The van der Waals surface area contributed by atoms with E-state index in [4.69, 9.17) is 4.74 Å². The standard InChI is InChI=1S/C15H21NO3/c1-11(2)12-4-3-5-14(8-12)19-10-15(18)16-7-6-13(17)9-16/h3-5,8,11,13,17H,6-7,9-10H2,1-2H3/t13-/m1/s1. The second kappa shape index (κ2) is 6.06. The van der Waals surface area contributed by atoms with Gasteiger partial charge in [0.2, 0.25) is 0 Å². The maximum atomic E-state index is 11.9. The summed E-state index contributed by atoms with van der Waals surface area (Å²) in [7, 11) is 0. The molecule has 1 aliphatic heterocycles. The van der Waals surface area contributed by atoms with E-state index in [1.54, 1.807) is 4.90 Å². The number of nitrogens with zero attached hydrogens (tertiary/aromatic N) is 1. The summed E-state index contributed by atoms with van der Waals surface area (Å²) in [5.74, 6) is 1.10. The number of aliphatic hydroxyl groups excluding tert-OH is 1. The van der Waals surface area contributed by atoms with Gasteiger partial charge >= 0.3 is 0 Å². The average molecular weight is 263 g/mol. The Kier molecular flexibility index (Phi) is 4.43. The molecule has 1 heterocycles. The molecule has 1 aliphatic rings. The van der Waals surface area contributed by atoms with Gasteiger partial charge < -0.3 is 14.7 Å². The van der Waals surface area contributed by atoms with Gasteiger partial charge in [-0.25, -0.2) is 0 Å². The average Bonchev–Trinajstić information content (AvgIpc) is 2.83. The SMILES string of the molecule is CC(C)c1cccc(OCC(=O)N2CC[C@@H](O)C2)c1. The number of ether oxygens (including phenoxy) is 1. The van der Waals surface area contributed by atoms with E-state index in [9.17, 15) is 9.90 Å². The molecular weight excluding hydrogens is 242 g/mol. The highest BCUT2D eigenvalue weighted by atomic mass is 16.5. The smallest absolute Gasteiger partial charge is 0.260 e. The second-order valence-electron chi connectivity index (χ2n) is 5.30. The summed E-state index contributed by atoms with van der Waals surface area (Å²) < 4.78 is 5.53. The molecule has 0 aliphatic carbocycles. The van der Waals surface area contributed by atoms with Gasteiger partial charge in [-0.05, 0) is 30.0 Å². The van der Waals surface area contributed by atoms with Crippen molar-refractivity contribution in [2.75, 3.05) is 19.7 Å². The van der Waals surface area contributed by atoms with E-state index in [1.165, 1.54) is 5.56 Å². The maximum Gasteiger partial charge on any atom is 0.260 e. The number of carbonyl (C=O) groups is 1. The predicted octanol–water partition coefficient (Wildman–Crippen LogP) is 1.78. The van der Waals surface area contributed by atoms with Gasteiger partial charge in [0.15, 0.2) is 6.61 Å². The number of amides is 1. The van der Waals surface area contributed by atoms with Crippen molar-refractivity contribution in [3.8, 4) is 5.75 Å². The minimum Gasteiger partial charge on any atom is -0.484 e. The summed E-state index contributed by atoms with van der Waals surface area (Å²) >= 11 is 0. The van der Waals surface area contributed by atoms with Crippen LogP contribution in [0.3, 0.4) is 0 Å². The molecule has 1 amide bonds. The van der Waals surface area contributed by atoms with Crippen LogP contribution in [0.4, 0.5) is 0 Å². The molecule has 4 nitrogen and oxygen atoms in total. The van der Waals surface area contributed by atoms with E-state index in [0.29, 0.717) is 25.4 Å². The Morgan fingerprint density at radius 2 is 2.32 bits per heavy atom. The van der Waals surface area contributed by atoms with Crippen LogP contribution in [-0.4, -0.2) is 41.7 Å². The van der Waals surface area contributed by atoms with Crippen molar-refractivity contribution in [2.45, 2.75) is 32.3 Å². The fourth-order valence-electron chi connectivity index (χ4n) is 2.17. The van der Waals surface area contributed by atoms with Gasteiger partial charge in [-0.1, -0.05) is 26.0 Å². The van der Waals surface area contributed by atoms with Crippen LogP contribution >= 0.6 is 0 Å². The first kappa shape index (κ1) is 13.9. The number of hydrogen-bond acceptors (Lipinski definition) is 3. The molecule has 1 fully saturated rings. The summed E-state index contributed by atoms with van der Waals surface area (Å²) in [5.41, 5.74) is 1.20. The second-order valence-corrected chi connectivity index (χ2v) is 5.30. The van der Waals surface area contributed by atoms with Gasteiger partial charge in [-0.3, -0.25) is 4.79 Å². The van der Waals surface area contributed by atoms with Crippen molar-refractivity contribution in [2.24, 2.45) is 0 Å². The quantitative estimate of drug-likeness (QED) is 0.901. The Hall–Kier alpha value is -1.55. The van der Waals surface area contributed by atoms with E-state index in [2.05, 4.69) is 19.9 Å². The van der Waals surface area contributed by atoms with Crippen LogP contribution in [0.15, 0.2) is 24.3 Å². The first-order valence-electron chi connectivity index (χ1n) is 6.75. The Morgan fingerprint density at radius 3 is 2.95 bits per heavy atom. The largest absolute Gasteiger partial charge is 0.484 e. The van der Waals surface area contributed by atoms with Crippen LogP contribution in [0.1, 0.15) is 31.7 Å². The number of rotatable bonds is 4. The first-order valence-corrected chi connectivity index (χ1v) is 6.75. The predicted molar refractivity (Wildman–Crippen MR) is 73.2 cm³/mol. The normalized spacial score (nSPS) is 18.9. The fourth-order valence-corrected chi connectivity index (χ4v) is 2.17. The highest BCUT2D eigenvalue weighted by Gasteiger charge is 2.24. The molecule has 0 saturated carbocycles. The molecule has 0 spiro atoms. The molecule has 1 N–H and O–H groups in total. The van der Waals surface area contributed by atoms with Gasteiger partial charge in [0, 0.05) is 13.1 Å². The number of carbonyl (C=O) groups excluding carboxylic acids is 1. The van der Waals surface area contributed by atoms with Gasteiger partial charge in [-0.15, -0.1) is 0 Å². The lowest BCUT2D eigenvalue weighted by Crippen LogP contribution is -2.33. The molecule has 0 aromatic heterocycles. The van der Waals surface area contributed by atoms with E-state index in [-0.39, 0.29) is 18.6 Å². The summed E-state index contributed by atoms with van der Waals surface area (Å²) in [5, 5.41) is 9.40. The molecule has 1 atom stereocenters. The van der Waals surface area contributed by atoms with Gasteiger partial charge in [0.05, 0.1) is 6.10 Å². The van der Waals surface area contributed by atoms with Crippen LogP contribution < -0.4 is 4.74 Å². The van der Waals surface area contributed by atoms with E-state index in [1.807, 2.05) is 18.2 Å². The lowest BCUT2D eigenvalue weighted by atomic mass is 10.0. The number of benzene rings is 1. The lowest BCUT2D eigenvalue weighted by Gasteiger charge is -2.16. The molecular formula is C15H21NO3. The summed E-state index contributed by atoms with van der Waals surface area (Å²) in [4.78, 5) is 13.5. The van der Waals surface area contributed by atoms with Crippen LogP contribution in [-0.2, 0) is 4.79 Å². The number of hydrogen-bond donors (Lipinski definition) is 1. The van der Waals surface area contributed by atoms with E-state index in [0.717, 1.165) is 5.75 Å². The Labute approximate surface area is 114 Å². The number of β-amino-alcohol motifs (C(OH)–C–C–N with tert-alkyl or cyclic N) is 1. The highest BCUT2D eigenvalue weighted by molar-refractivity contribution is 5.78. The summed E-state index contributed by atoms with van der Waals surface area (Å²) in [6.45, 7) is 5.32. The third kappa shape index (κ3) is 3.70. The van der Waals surface area contributed by atoms with Gasteiger partial charge in [0.25, 0.3) is 5.91 Å². The molecule has 0 unspecified atom stereocenters. The van der Waals surface area contributed by atoms with Crippen LogP contribution in [0, 0.1) is 0 Å². The zero-order chi connectivity index (χ0) is 13.8. The molecule has 1 saturated heterocycles. The van der Waals surface area contributed by atoms with Crippen molar-refractivity contribution in [1.82, 2.24) is 4.90 Å². The first-order chi connectivity index (χ1) is 9.06. The molecule has 0 radical (unpaired) electrons. The monoisotopic (exact) mass is 263 g/mol. The van der Waals surface area contributed by atoms with Crippen molar-refractivity contribution >= 4 is 5.91 Å². The molecule has 1 aromatic rings. The topological polar surface area (TPSA) is 49.8 Å². The van der Waals surface area contributed by atoms with Crippen LogP contribution in [0.25, 0.3) is 0 Å². The van der Waals surface area contributed by atoms with Crippen molar-refractivity contribution in [1.29, 1.82) is 0 Å². The molecule has 2 rings (SSSR count). The Balaban J connectivity index is 1.88. The van der Waals surface area contributed by atoms with Crippen molar-refractivity contribution in [3.63, 3.8) is 0 Å². The fraction of sp³-hybridized carbons (Fsp3) is 0.533. The minimum absolute atomic E-state index is 0.0360. The van der Waals surface area contributed by atoms with Crippen LogP contribution in [0.5, 0.6) is 5.75 Å². The zero-order valence-corrected chi connectivity index (χ0v) is 11.5. The third-order valence-corrected chi connectivity index (χ3v) is 3.40. The minimum atomic E-state index is -0.381. The third-order valence-electron chi connectivity index (χ3n) is 3.40. The summed E-state index contributed by atoms with van der Waals surface area (Å²) in [6.07, 6.45) is 0.280. The molecule has 4 heteroatoms.